The second-order valence-electron chi connectivity index (χ2n) is 3.45. The zero-order valence-electron chi connectivity index (χ0n) is 9.10. The lowest BCUT2D eigenvalue weighted by atomic mass is 10.2. The van der Waals surface area contributed by atoms with Crippen LogP contribution in [-0.4, -0.2) is 9.97 Å². The van der Waals surface area contributed by atoms with Crippen LogP contribution < -0.4 is 0 Å². The van der Waals surface area contributed by atoms with Gasteiger partial charge in [0.05, 0.1) is 0 Å². The van der Waals surface area contributed by atoms with Crippen LogP contribution in [0.3, 0.4) is 0 Å². The lowest BCUT2D eigenvalue weighted by Crippen LogP contribution is -2.02. The molecule has 0 aliphatic heterocycles. The van der Waals surface area contributed by atoms with Gasteiger partial charge < -0.3 is 0 Å². The van der Waals surface area contributed by atoms with Gasteiger partial charge in [0.15, 0.2) is 0 Å². The molecular formula is C11H17ClN2. The highest BCUT2D eigenvalue weighted by Gasteiger charge is 2.07. The van der Waals surface area contributed by atoms with Crippen molar-refractivity contribution in [3.8, 4) is 0 Å². The highest BCUT2D eigenvalue weighted by Crippen LogP contribution is 2.17. The Labute approximate surface area is 90.7 Å². The molecule has 0 N–H and O–H groups in total. The van der Waals surface area contributed by atoms with Crippen molar-refractivity contribution in [1.82, 2.24) is 9.97 Å². The maximum absolute atomic E-state index is 6.06. The van der Waals surface area contributed by atoms with Crippen LogP contribution in [0.25, 0.3) is 0 Å². The highest BCUT2D eigenvalue weighted by atomic mass is 35.5. The van der Waals surface area contributed by atoms with E-state index in [1.165, 1.54) is 0 Å². The van der Waals surface area contributed by atoms with E-state index in [1.54, 1.807) is 0 Å². The molecule has 0 aliphatic carbocycles. The number of aryl methyl sites for hydroxylation is 2. The van der Waals surface area contributed by atoms with E-state index < -0.39 is 0 Å². The Hall–Kier alpha value is -0.630. The largest absolute Gasteiger partial charge is 0.238 e. The molecule has 78 valence electrons. The van der Waals surface area contributed by atoms with E-state index in [9.17, 15) is 0 Å². The SMILES string of the molecule is CCCCc1nc(C)c(CC)c(Cl)n1. The number of aromatic nitrogens is 2. The van der Waals surface area contributed by atoms with Gasteiger partial charge in [-0.2, -0.15) is 0 Å². The van der Waals surface area contributed by atoms with Gasteiger partial charge in [-0.25, -0.2) is 9.97 Å². The summed E-state index contributed by atoms with van der Waals surface area (Å²) in [4.78, 5) is 8.74. The molecule has 0 aromatic carbocycles. The van der Waals surface area contributed by atoms with Crippen LogP contribution in [0.2, 0.25) is 5.15 Å². The van der Waals surface area contributed by atoms with Crippen molar-refractivity contribution >= 4 is 11.6 Å². The summed E-state index contributed by atoms with van der Waals surface area (Å²) in [5, 5.41) is 0.631. The minimum atomic E-state index is 0.631. The third kappa shape index (κ3) is 2.68. The van der Waals surface area contributed by atoms with Crippen LogP contribution in [0, 0.1) is 6.92 Å². The van der Waals surface area contributed by atoms with E-state index in [0.717, 1.165) is 42.8 Å². The average Bonchev–Trinajstić information content (AvgIpc) is 2.14. The molecule has 0 unspecified atom stereocenters. The van der Waals surface area contributed by atoms with E-state index >= 15 is 0 Å². The van der Waals surface area contributed by atoms with Crippen molar-refractivity contribution in [3.63, 3.8) is 0 Å². The second kappa shape index (κ2) is 5.30. The van der Waals surface area contributed by atoms with Crippen LogP contribution in [0.1, 0.15) is 43.8 Å². The normalized spacial score (nSPS) is 10.6. The summed E-state index contributed by atoms with van der Waals surface area (Å²) in [7, 11) is 0. The van der Waals surface area contributed by atoms with E-state index in [0.29, 0.717) is 5.15 Å². The second-order valence-corrected chi connectivity index (χ2v) is 3.81. The first-order chi connectivity index (χ1) is 6.69. The summed E-state index contributed by atoms with van der Waals surface area (Å²) in [6, 6.07) is 0. The highest BCUT2D eigenvalue weighted by molar-refractivity contribution is 6.30. The number of unbranched alkanes of at least 4 members (excludes halogenated alkanes) is 1. The molecule has 0 saturated heterocycles. The number of hydrogen-bond acceptors (Lipinski definition) is 2. The molecule has 3 heteroatoms. The van der Waals surface area contributed by atoms with E-state index in [-0.39, 0.29) is 0 Å². The Bertz CT molecular complexity index is 287. The van der Waals surface area contributed by atoms with Crippen LogP contribution in [0.5, 0.6) is 0 Å². The van der Waals surface area contributed by atoms with Crippen molar-refractivity contribution in [3.05, 3.63) is 22.2 Å². The van der Waals surface area contributed by atoms with Gasteiger partial charge in [-0.15, -0.1) is 0 Å². The molecule has 0 radical (unpaired) electrons. The molecule has 0 bridgehead atoms. The number of hydrogen-bond donors (Lipinski definition) is 0. The summed E-state index contributed by atoms with van der Waals surface area (Å²) in [5.41, 5.74) is 2.10. The van der Waals surface area contributed by atoms with Crippen LogP contribution >= 0.6 is 11.6 Å². The minimum Gasteiger partial charge on any atom is -0.238 e. The van der Waals surface area contributed by atoms with E-state index in [2.05, 4.69) is 23.8 Å². The van der Waals surface area contributed by atoms with Crippen LogP contribution in [-0.2, 0) is 12.8 Å². The van der Waals surface area contributed by atoms with Crippen LogP contribution in [0.4, 0.5) is 0 Å². The predicted octanol–water partition coefficient (Wildman–Crippen LogP) is 3.34. The third-order valence-corrected chi connectivity index (χ3v) is 2.63. The third-order valence-electron chi connectivity index (χ3n) is 2.32. The monoisotopic (exact) mass is 212 g/mol. The van der Waals surface area contributed by atoms with Gasteiger partial charge in [0.2, 0.25) is 0 Å². The van der Waals surface area contributed by atoms with Crippen molar-refractivity contribution in [2.24, 2.45) is 0 Å². The lowest BCUT2D eigenvalue weighted by Gasteiger charge is -2.06. The van der Waals surface area contributed by atoms with Crippen molar-refractivity contribution in [2.75, 3.05) is 0 Å². The zero-order valence-corrected chi connectivity index (χ0v) is 9.86. The van der Waals surface area contributed by atoms with Gasteiger partial charge in [-0.05, 0) is 19.8 Å². The predicted molar refractivity (Wildman–Crippen MR) is 59.8 cm³/mol. The van der Waals surface area contributed by atoms with Gasteiger partial charge in [0.25, 0.3) is 0 Å². The average molecular weight is 213 g/mol. The smallest absolute Gasteiger partial charge is 0.136 e. The molecule has 1 aromatic heterocycles. The maximum Gasteiger partial charge on any atom is 0.136 e. The fourth-order valence-corrected chi connectivity index (χ4v) is 1.83. The molecule has 1 aromatic rings. The quantitative estimate of drug-likeness (QED) is 0.716. The minimum absolute atomic E-state index is 0.631. The summed E-state index contributed by atoms with van der Waals surface area (Å²) < 4.78 is 0. The van der Waals surface area contributed by atoms with Crippen molar-refractivity contribution < 1.29 is 0 Å². The van der Waals surface area contributed by atoms with Gasteiger partial charge in [0, 0.05) is 17.7 Å². The molecule has 2 nitrogen and oxygen atoms in total. The molecule has 1 rings (SSSR count). The lowest BCUT2D eigenvalue weighted by molar-refractivity contribution is 0.743. The Morgan fingerprint density at radius 1 is 1.21 bits per heavy atom. The summed E-state index contributed by atoms with van der Waals surface area (Å²) in [6.45, 7) is 6.24. The molecule has 0 atom stereocenters. The Kier molecular flexibility index (Phi) is 4.33. The first-order valence-corrected chi connectivity index (χ1v) is 5.58. The molecule has 0 aliphatic rings. The Morgan fingerprint density at radius 3 is 2.43 bits per heavy atom. The topological polar surface area (TPSA) is 25.8 Å². The Morgan fingerprint density at radius 2 is 1.93 bits per heavy atom. The maximum atomic E-state index is 6.06. The molecule has 0 fully saturated rings. The van der Waals surface area contributed by atoms with Gasteiger partial charge in [-0.1, -0.05) is 31.9 Å². The summed E-state index contributed by atoms with van der Waals surface area (Å²) in [6.07, 6.45) is 4.12. The molecule has 14 heavy (non-hydrogen) atoms. The molecule has 0 spiro atoms. The van der Waals surface area contributed by atoms with E-state index in [4.69, 9.17) is 11.6 Å². The Balaban J connectivity index is 2.90. The fourth-order valence-electron chi connectivity index (χ4n) is 1.46. The number of halogens is 1. The number of rotatable bonds is 4. The van der Waals surface area contributed by atoms with Crippen LogP contribution in [0.15, 0.2) is 0 Å². The fraction of sp³-hybridized carbons (Fsp3) is 0.636. The summed E-state index contributed by atoms with van der Waals surface area (Å²) >= 11 is 6.06. The molecule has 0 amide bonds. The zero-order chi connectivity index (χ0) is 10.6. The molecular weight excluding hydrogens is 196 g/mol. The van der Waals surface area contributed by atoms with Crippen molar-refractivity contribution in [2.45, 2.75) is 46.5 Å². The van der Waals surface area contributed by atoms with Crippen molar-refractivity contribution in [1.29, 1.82) is 0 Å². The first-order valence-electron chi connectivity index (χ1n) is 5.20. The molecule has 0 saturated carbocycles. The molecule has 1 heterocycles. The van der Waals surface area contributed by atoms with E-state index in [1.807, 2.05) is 6.92 Å². The number of nitrogens with zero attached hydrogens (tertiary/aromatic N) is 2. The standard InChI is InChI=1S/C11H17ClN2/c1-4-6-7-10-13-8(3)9(5-2)11(12)14-10/h4-7H2,1-3H3. The van der Waals surface area contributed by atoms with Gasteiger partial charge in [-0.3, -0.25) is 0 Å². The van der Waals surface area contributed by atoms with Gasteiger partial charge in [0.1, 0.15) is 11.0 Å². The summed E-state index contributed by atoms with van der Waals surface area (Å²) in [5.74, 6) is 0.881. The van der Waals surface area contributed by atoms with Gasteiger partial charge >= 0.3 is 0 Å². The first kappa shape index (κ1) is 11.4.